The zero-order chi connectivity index (χ0) is 16.3. The number of sulfonamides is 1. The molecule has 3 aliphatic rings. The second-order valence-electron chi connectivity index (χ2n) is 7.53. The third-order valence-electron chi connectivity index (χ3n) is 6.41. The van der Waals surface area contributed by atoms with Gasteiger partial charge in [0.15, 0.2) is 0 Å². The Morgan fingerprint density at radius 2 is 2.05 bits per heavy atom. The summed E-state index contributed by atoms with van der Waals surface area (Å²) in [7, 11) is -3.75. The van der Waals surface area contributed by atoms with Crippen LogP contribution in [0.5, 0.6) is 0 Å². The van der Waals surface area contributed by atoms with Gasteiger partial charge in [-0.05, 0) is 37.0 Å². The van der Waals surface area contributed by atoms with Gasteiger partial charge in [0.25, 0.3) is 0 Å². The van der Waals surface area contributed by atoms with E-state index in [9.17, 15) is 23.1 Å². The minimum absolute atomic E-state index is 0.0448. The largest absolute Gasteiger partial charge is 0.480 e. The molecule has 3 atom stereocenters. The van der Waals surface area contributed by atoms with Crippen LogP contribution in [0.3, 0.4) is 0 Å². The van der Waals surface area contributed by atoms with E-state index in [0.717, 1.165) is 10.7 Å². The normalized spacial score (nSPS) is 37.8. The Balaban J connectivity index is 1.92. The van der Waals surface area contributed by atoms with Gasteiger partial charge in [-0.2, -0.15) is 4.31 Å². The molecule has 0 aromatic heterocycles. The van der Waals surface area contributed by atoms with Crippen molar-refractivity contribution >= 4 is 21.8 Å². The van der Waals surface area contributed by atoms with Crippen molar-refractivity contribution in [1.29, 1.82) is 0 Å². The van der Waals surface area contributed by atoms with Crippen molar-refractivity contribution in [1.82, 2.24) is 4.31 Å². The number of nitrogens with zero attached hydrogens (tertiary/aromatic N) is 1. The molecule has 2 aliphatic carbocycles. The molecule has 124 valence electrons. The zero-order valence-electron chi connectivity index (χ0n) is 13.0. The van der Waals surface area contributed by atoms with E-state index >= 15 is 0 Å². The first kappa shape index (κ1) is 15.9. The van der Waals surface area contributed by atoms with Crippen molar-refractivity contribution in [2.45, 2.75) is 52.0 Å². The second kappa shape index (κ2) is 4.77. The molecule has 1 heterocycles. The van der Waals surface area contributed by atoms with E-state index in [1.165, 1.54) is 0 Å². The lowest BCUT2D eigenvalue weighted by Gasteiger charge is -2.37. The SMILES string of the molecule is CC1(C)[C@@H]2CC[C@@]1(CS(=O)(=O)N1CCC[C@@H]1C(=O)O)C(=O)C2. The number of ketones is 1. The summed E-state index contributed by atoms with van der Waals surface area (Å²) in [5.41, 5.74) is -1.16. The van der Waals surface area contributed by atoms with Gasteiger partial charge in [0.1, 0.15) is 11.8 Å². The monoisotopic (exact) mass is 329 g/mol. The molecular formula is C15H23NO5S. The van der Waals surface area contributed by atoms with Crippen molar-refractivity contribution in [2.24, 2.45) is 16.7 Å². The molecule has 0 spiro atoms. The van der Waals surface area contributed by atoms with Gasteiger partial charge in [0.05, 0.1) is 5.75 Å². The van der Waals surface area contributed by atoms with Crippen LogP contribution in [-0.2, 0) is 19.6 Å². The van der Waals surface area contributed by atoms with Crippen molar-refractivity contribution in [3.8, 4) is 0 Å². The predicted molar refractivity (Wildman–Crippen MR) is 79.7 cm³/mol. The summed E-state index contributed by atoms with van der Waals surface area (Å²) in [6.45, 7) is 4.22. The minimum Gasteiger partial charge on any atom is -0.480 e. The van der Waals surface area contributed by atoms with Gasteiger partial charge in [0, 0.05) is 18.4 Å². The summed E-state index contributed by atoms with van der Waals surface area (Å²) in [6, 6.07) is -0.974. The maximum atomic E-state index is 12.8. The fourth-order valence-corrected chi connectivity index (χ4v) is 7.28. The standard InChI is InChI=1S/C15H23NO5S/c1-14(2)10-5-6-15(14,12(17)8-10)9-22(20,21)16-7-3-4-11(16)13(18)19/h10-11H,3-9H2,1-2H3,(H,18,19)/t10-,11-,15-/m1/s1. The van der Waals surface area contributed by atoms with Crippen LogP contribution in [0.1, 0.15) is 46.0 Å². The molecule has 6 nitrogen and oxygen atoms in total. The highest BCUT2D eigenvalue weighted by Crippen LogP contribution is 2.64. The fourth-order valence-electron chi connectivity index (χ4n) is 4.82. The number of hydrogen-bond acceptors (Lipinski definition) is 4. The van der Waals surface area contributed by atoms with Crippen LogP contribution in [-0.4, -0.2) is 47.9 Å². The van der Waals surface area contributed by atoms with E-state index in [1.807, 2.05) is 13.8 Å². The van der Waals surface area contributed by atoms with Gasteiger partial charge < -0.3 is 5.11 Å². The number of carbonyl (C=O) groups is 2. The molecule has 3 fully saturated rings. The Morgan fingerprint density at radius 1 is 1.36 bits per heavy atom. The molecule has 2 saturated carbocycles. The third-order valence-corrected chi connectivity index (χ3v) is 8.42. The topological polar surface area (TPSA) is 91.8 Å². The molecule has 0 amide bonds. The Hall–Kier alpha value is -0.950. The lowest BCUT2D eigenvalue weighted by atomic mass is 9.70. The molecule has 7 heteroatoms. The van der Waals surface area contributed by atoms with Crippen LogP contribution >= 0.6 is 0 Å². The Kier molecular flexibility index (Phi) is 3.45. The van der Waals surface area contributed by atoms with Crippen LogP contribution in [0, 0.1) is 16.7 Å². The summed E-state index contributed by atoms with van der Waals surface area (Å²) >= 11 is 0. The summed E-state index contributed by atoms with van der Waals surface area (Å²) in [6.07, 6.45) is 2.86. The number of carbonyl (C=O) groups excluding carboxylic acids is 1. The third kappa shape index (κ3) is 1.98. The smallest absolute Gasteiger partial charge is 0.322 e. The van der Waals surface area contributed by atoms with Gasteiger partial charge >= 0.3 is 5.97 Å². The Labute approximate surface area is 130 Å². The first-order chi connectivity index (χ1) is 10.1. The number of fused-ring (bicyclic) bond motifs is 2. The van der Waals surface area contributed by atoms with E-state index in [1.54, 1.807) is 0 Å². The van der Waals surface area contributed by atoms with Crippen LogP contribution in [0.2, 0.25) is 0 Å². The number of Topliss-reactive ketones (excluding diaryl/α,β-unsaturated/α-hetero) is 1. The molecule has 1 N–H and O–H groups in total. The second-order valence-corrected chi connectivity index (χ2v) is 9.45. The molecule has 2 bridgehead atoms. The number of hydrogen-bond donors (Lipinski definition) is 1. The minimum atomic E-state index is -3.75. The summed E-state index contributed by atoms with van der Waals surface area (Å²) in [5, 5.41) is 9.22. The molecular weight excluding hydrogens is 306 g/mol. The fraction of sp³-hybridized carbons (Fsp3) is 0.867. The number of carboxylic acids is 1. The van der Waals surface area contributed by atoms with E-state index in [4.69, 9.17) is 0 Å². The quantitative estimate of drug-likeness (QED) is 0.838. The first-order valence-corrected chi connectivity index (χ1v) is 9.48. The van der Waals surface area contributed by atoms with Gasteiger partial charge in [-0.3, -0.25) is 9.59 Å². The van der Waals surface area contributed by atoms with Gasteiger partial charge in [-0.25, -0.2) is 8.42 Å². The van der Waals surface area contributed by atoms with E-state index < -0.39 is 27.4 Å². The van der Waals surface area contributed by atoms with E-state index in [0.29, 0.717) is 25.7 Å². The lowest BCUT2D eigenvalue weighted by Crippen LogP contribution is -2.49. The molecule has 1 saturated heterocycles. The molecule has 0 radical (unpaired) electrons. The van der Waals surface area contributed by atoms with Gasteiger partial charge in [-0.1, -0.05) is 13.8 Å². The van der Waals surface area contributed by atoms with E-state index in [-0.39, 0.29) is 29.4 Å². The predicted octanol–water partition coefficient (Wildman–Crippen LogP) is 1.26. The van der Waals surface area contributed by atoms with Crippen LogP contribution < -0.4 is 0 Å². The highest BCUT2D eigenvalue weighted by Gasteiger charge is 2.65. The van der Waals surface area contributed by atoms with Gasteiger partial charge in [-0.15, -0.1) is 0 Å². The highest BCUT2D eigenvalue weighted by atomic mass is 32.2. The van der Waals surface area contributed by atoms with Gasteiger partial charge in [0.2, 0.25) is 10.0 Å². The summed E-state index contributed by atoms with van der Waals surface area (Å²) < 4.78 is 26.8. The maximum absolute atomic E-state index is 12.8. The van der Waals surface area contributed by atoms with E-state index in [2.05, 4.69) is 0 Å². The summed E-state index contributed by atoms with van der Waals surface area (Å²) in [4.78, 5) is 23.8. The first-order valence-electron chi connectivity index (χ1n) is 7.87. The molecule has 1 aliphatic heterocycles. The zero-order valence-corrected chi connectivity index (χ0v) is 13.9. The molecule has 0 aromatic carbocycles. The van der Waals surface area contributed by atoms with Crippen molar-refractivity contribution in [3.63, 3.8) is 0 Å². The molecule has 22 heavy (non-hydrogen) atoms. The van der Waals surface area contributed by atoms with Crippen LogP contribution in [0.25, 0.3) is 0 Å². The molecule has 0 unspecified atom stereocenters. The Bertz CT molecular complexity index is 626. The Morgan fingerprint density at radius 3 is 2.55 bits per heavy atom. The summed E-state index contributed by atoms with van der Waals surface area (Å²) in [5.74, 6) is -1.03. The lowest BCUT2D eigenvalue weighted by molar-refractivity contribution is -0.140. The average Bonchev–Trinajstić information content (AvgIpc) is 3.02. The maximum Gasteiger partial charge on any atom is 0.322 e. The number of carboxylic acid groups (broad SMARTS) is 1. The van der Waals surface area contributed by atoms with Crippen LogP contribution in [0.15, 0.2) is 0 Å². The highest BCUT2D eigenvalue weighted by molar-refractivity contribution is 7.89. The van der Waals surface area contributed by atoms with Crippen molar-refractivity contribution < 1.29 is 23.1 Å². The number of aliphatic carboxylic acids is 1. The molecule has 3 rings (SSSR count). The van der Waals surface area contributed by atoms with Crippen molar-refractivity contribution in [2.75, 3.05) is 12.3 Å². The van der Waals surface area contributed by atoms with Crippen molar-refractivity contribution in [3.05, 3.63) is 0 Å². The van der Waals surface area contributed by atoms with Crippen LogP contribution in [0.4, 0.5) is 0 Å². The average molecular weight is 329 g/mol. The number of rotatable bonds is 4. The molecule has 0 aromatic rings.